The molecule has 0 fully saturated rings. The highest BCUT2D eigenvalue weighted by Gasteiger charge is 2.18. The third kappa shape index (κ3) is 4.25. The van der Waals surface area contributed by atoms with E-state index in [2.05, 4.69) is 10.2 Å². The Morgan fingerprint density at radius 1 is 1.04 bits per heavy atom. The van der Waals surface area contributed by atoms with Crippen molar-refractivity contribution in [1.29, 1.82) is 0 Å². The number of rotatable bonds is 8. The van der Waals surface area contributed by atoms with Gasteiger partial charge in [-0.05, 0) is 30.3 Å². The molecular formula is C19H17FN2O5S. The van der Waals surface area contributed by atoms with Crippen molar-refractivity contribution in [3.8, 4) is 28.7 Å². The summed E-state index contributed by atoms with van der Waals surface area (Å²) in [5, 5.41) is 8.14. The number of carbonyl (C=O) groups excluding carboxylic acids is 1. The molecule has 0 radical (unpaired) electrons. The fraction of sp³-hybridized carbons (Fsp3) is 0.211. The summed E-state index contributed by atoms with van der Waals surface area (Å²) in [7, 11) is 4.50. The number of ether oxygens (including phenoxy) is 3. The van der Waals surface area contributed by atoms with Crippen LogP contribution >= 0.6 is 11.8 Å². The van der Waals surface area contributed by atoms with Gasteiger partial charge >= 0.3 is 0 Å². The maximum absolute atomic E-state index is 13.4. The second-order valence-corrected chi connectivity index (χ2v) is 6.42. The van der Waals surface area contributed by atoms with E-state index >= 15 is 0 Å². The van der Waals surface area contributed by atoms with Crippen molar-refractivity contribution in [3.63, 3.8) is 0 Å². The average Bonchev–Trinajstić information content (AvgIpc) is 3.20. The first-order valence-corrected chi connectivity index (χ1v) is 9.09. The highest BCUT2D eigenvalue weighted by molar-refractivity contribution is 7.99. The van der Waals surface area contributed by atoms with Gasteiger partial charge in [-0.3, -0.25) is 4.79 Å². The van der Waals surface area contributed by atoms with E-state index in [9.17, 15) is 9.18 Å². The van der Waals surface area contributed by atoms with Crippen LogP contribution in [0.15, 0.2) is 46.0 Å². The van der Waals surface area contributed by atoms with E-state index in [-0.39, 0.29) is 28.2 Å². The van der Waals surface area contributed by atoms with E-state index in [0.29, 0.717) is 22.8 Å². The van der Waals surface area contributed by atoms with Crippen LogP contribution in [0.25, 0.3) is 11.5 Å². The van der Waals surface area contributed by atoms with Crippen molar-refractivity contribution in [2.75, 3.05) is 27.1 Å². The lowest BCUT2D eigenvalue weighted by atomic mass is 10.1. The summed E-state index contributed by atoms with van der Waals surface area (Å²) < 4.78 is 34.7. The first kappa shape index (κ1) is 19.7. The Morgan fingerprint density at radius 3 is 2.54 bits per heavy atom. The lowest BCUT2D eigenvalue weighted by molar-refractivity contribution is 0.101. The molecule has 3 rings (SSSR count). The summed E-state index contributed by atoms with van der Waals surface area (Å²) in [6, 6.07) is 8.97. The maximum atomic E-state index is 13.4. The van der Waals surface area contributed by atoms with E-state index < -0.39 is 5.82 Å². The van der Waals surface area contributed by atoms with Gasteiger partial charge in [0.25, 0.3) is 11.1 Å². The van der Waals surface area contributed by atoms with Crippen LogP contribution in [0.3, 0.4) is 0 Å². The number of halogens is 1. The van der Waals surface area contributed by atoms with Crippen LogP contribution in [0, 0.1) is 5.82 Å². The zero-order valence-corrected chi connectivity index (χ0v) is 16.2. The lowest BCUT2D eigenvalue weighted by Crippen LogP contribution is -2.05. The molecule has 0 bridgehead atoms. The topological polar surface area (TPSA) is 83.7 Å². The fourth-order valence-corrected chi connectivity index (χ4v) is 3.10. The van der Waals surface area contributed by atoms with Crippen molar-refractivity contribution in [2.45, 2.75) is 5.22 Å². The van der Waals surface area contributed by atoms with Crippen LogP contribution in [0.2, 0.25) is 0 Å². The highest BCUT2D eigenvalue weighted by atomic mass is 32.2. The number of methoxy groups -OCH3 is 3. The molecule has 0 saturated carbocycles. The molecule has 0 spiro atoms. The van der Waals surface area contributed by atoms with Gasteiger partial charge in [0.1, 0.15) is 23.1 Å². The average molecular weight is 404 g/mol. The summed E-state index contributed by atoms with van der Waals surface area (Å²) >= 11 is 1.05. The summed E-state index contributed by atoms with van der Waals surface area (Å²) in [5.41, 5.74) is 0.757. The summed E-state index contributed by atoms with van der Waals surface area (Å²) in [6.45, 7) is 0. The van der Waals surface area contributed by atoms with Gasteiger partial charge in [0, 0.05) is 6.07 Å². The molecule has 2 aromatic carbocycles. The second kappa shape index (κ2) is 8.75. The Bertz CT molecular complexity index is 992. The van der Waals surface area contributed by atoms with E-state index in [4.69, 9.17) is 18.6 Å². The molecule has 0 unspecified atom stereocenters. The minimum atomic E-state index is -0.513. The predicted molar refractivity (Wildman–Crippen MR) is 101 cm³/mol. The molecule has 146 valence electrons. The van der Waals surface area contributed by atoms with Crippen molar-refractivity contribution in [1.82, 2.24) is 10.2 Å². The van der Waals surface area contributed by atoms with E-state index in [0.717, 1.165) is 17.8 Å². The monoisotopic (exact) mass is 404 g/mol. The molecule has 3 aromatic rings. The molecule has 0 aliphatic heterocycles. The Hall–Kier alpha value is -3.07. The van der Waals surface area contributed by atoms with E-state index in [1.54, 1.807) is 25.3 Å². The number of carbonyl (C=O) groups is 1. The number of Topliss-reactive ketones (excluding diaryl/α,β-unsaturated/α-hetero) is 1. The molecule has 0 aliphatic rings. The number of thioether (sulfide) groups is 1. The third-order valence-electron chi connectivity index (χ3n) is 3.83. The van der Waals surface area contributed by atoms with Crippen LogP contribution in [0.1, 0.15) is 10.4 Å². The molecular weight excluding hydrogens is 387 g/mol. The smallest absolute Gasteiger partial charge is 0.277 e. The molecule has 0 aliphatic carbocycles. The molecule has 0 amide bonds. The summed E-state index contributed by atoms with van der Waals surface area (Å²) in [4.78, 5) is 12.4. The third-order valence-corrected chi connectivity index (χ3v) is 4.65. The van der Waals surface area contributed by atoms with Gasteiger partial charge in [-0.1, -0.05) is 11.8 Å². The van der Waals surface area contributed by atoms with Gasteiger partial charge in [0.05, 0.1) is 38.2 Å². The molecule has 28 heavy (non-hydrogen) atoms. The van der Waals surface area contributed by atoms with Crippen LogP contribution in [-0.2, 0) is 0 Å². The first-order chi connectivity index (χ1) is 13.5. The lowest BCUT2D eigenvalue weighted by Gasteiger charge is -2.07. The number of nitrogens with zero attached hydrogens (tertiary/aromatic N) is 2. The first-order valence-electron chi connectivity index (χ1n) is 8.11. The molecule has 0 saturated heterocycles. The maximum Gasteiger partial charge on any atom is 0.277 e. The Morgan fingerprint density at radius 2 is 1.82 bits per heavy atom. The number of ketones is 1. The van der Waals surface area contributed by atoms with Crippen molar-refractivity contribution in [2.24, 2.45) is 0 Å². The standard InChI is InChI=1S/C19H17FN2O5S/c1-24-12-5-6-13(17(9-12)26-3)18-21-22-19(27-18)28-10-15(23)14-8-11(20)4-7-16(14)25-2/h4-9H,10H2,1-3H3. The SMILES string of the molecule is COc1ccc(-c2nnc(SCC(=O)c3cc(F)ccc3OC)o2)c(OC)c1. The van der Waals surface area contributed by atoms with E-state index in [1.807, 2.05) is 0 Å². The molecule has 1 aromatic heterocycles. The van der Waals surface area contributed by atoms with Crippen molar-refractivity contribution >= 4 is 17.5 Å². The Labute approximate surface area is 164 Å². The van der Waals surface area contributed by atoms with Crippen molar-refractivity contribution in [3.05, 3.63) is 47.8 Å². The van der Waals surface area contributed by atoms with Crippen LogP contribution in [0.4, 0.5) is 4.39 Å². The van der Waals surface area contributed by atoms with Crippen molar-refractivity contribution < 1.29 is 27.8 Å². The molecule has 0 atom stereocenters. The zero-order chi connectivity index (χ0) is 20.1. The zero-order valence-electron chi connectivity index (χ0n) is 15.4. The minimum Gasteiger partial charge on any atom is -0.497 e. The predicted octanol–water partition coefficient (Wildman–Crippen LogP) is 3.88. The normalized spacial score (nSPS) is 10.6. The van der Waals surface area contributed by atoms with Gasteiger partial charge in [0.2, 0.25) is 0 Å². The molecule has 1 heterocycles. The van der Waals surface area contributed by atoms with Crippen LogP contribution in [-0.4, -0.2) is 43.1 Å². The van der Waals surface area contributed by atoms with Gasteiger partial charge in [-0.2, -0.15) is 0 Å². The largest absolute Gasteiger partial charge is 0.497 e. The Balaban J connectivity index is 1.74. The van der Waals surface area contributed by atoms with E-state index in [1.165, 1.54) is 26.4 Å². The van der Waals surface area contributed by atoms with Crippen LogP contribution < -0.4 is 14.2 Å². The summed E-state index contributed by atoms with van der Waals surface area (Å²) in [6.07, 6.45) is 0. The fourth-order valence-electron chi connectivity index (χ4n) is 2.46. The van der Waals surface area contributed by atoms with Crippen LogP contribution in [0.5, 0.6) is 17.2 Å². The highest BCUT2D eigenvalue weighted by Crippen LogP contribution is 2.34. The Kier molecular flexibility index (Phi) is 6.15. The molecule has 7 nitrogen and oxygen atoms in total. The number of aromatic nitrogens is 2. The number of benzene rings is 2. The minimum absolute atomic E-state index is 0.0127. The molecule has 9 heteroatoms. The van der Waals surface area contributed by atoms with Gasteiger partial charge in [-0.25, -0.2) is 4.39 Å². The number of hydrogen-bond acceptors (Lipinski definition) is 8. The quantitative estimate of drug-likeness (QED) is 0.413. The van der Waals surface area contributed by atoms with Gasteiger partial charge in [-0.15, -0.1) is 10.2 Å². The van der Waals surface area contributed by atoms with Gasteiger partial charge < -0.3 is 18.6 Å². The second-order valence-electron chi connectivity index (χ2n) is 5.50. The summed E-state index contributed by atoms with van der Waals surface area (Å²) in [5.74, 6) is 0.855. The number of hydrogen-bond donors (Lipinski definition) is 0. The van der Waals surface area contributed by atoms with Gasteiger partial charge in [0.15, 0.2) is 5.78 Å². The molecule has 0 N–H and O–H groups in total.